The molecular formula is C14H23N5O2. The summed E-state index contributed by atoms with van der Waals surface area (Å²) < 4.78 is 11.2. The highest BCUT2D eigenvalue weighted by molar-refractivity contribution is 5.38. The Balaban J connectivity index is 1.78. The fourth-order valence-corrected chi connectivity index (χ4v) is 2.63. The number of rotatable bonds is 5. The molecule has 21 heavy (non-hydrogen) atoms. The van der Waals surface area contributed by atoms with Crippen LogP contribution < -0.4 is 15.0 Å². The Bertz CT molecular complexity index is 459. The van der Waals surface area contributed by atoms with Gasteiger partial charge in [-0.1, -0.05) is 0 Å². The average Bonchev–Trinajstić information content (AvgIpc) is 3.01. The summed E-state index contributed by atoms with van der Waals surface area (Å²) in [5.74, 6) is 1.30. The Morgan fingerprint density at radius 1 is 1.24 bits per heavy atom. The van der Waals surface area contributed by atoms with Crippen LogP contribution >= 0.6 is 0 Å². The lowest BCUT2D eigenvalue weighted by atomic mass is 10.1. The minimum Gasteiger partial charge on any atom is -0.457 e. The molecular weight excluding hydrogens is 270 g/mol. The van der Waals surface area contributed by atoms with E-state index in [9.17, 15) is 0 Å². The highest BCUT2D eigenvalue weighted by Gasteiger charge is 2.21. The van der Waals surface area contributed by atoms with Gasteiger partial charge < -0.3 is 19.7 Å². The smallest absolute Gasteiger partial charge is 0.323 e. The SMILES string of the molecule is CCNc1nc(OC2CCOC2)nc(N2CCCCC2)n1. The van der Waals surface area contributed by atoms with Crippen molar-refractivity contribution in [1.29, 1.82) is 0 Å². The van der Waals surface area contributed by atoms with Gasteiger partial charge in [0.2, 0.25) is 11.9 Å². The Morgan fingerprint density at radius 2 is 2.10 bits per heavy atom. The molecule has 0 radical (unpaired) electrons. The van der Waals surface area contributed by atoms with Crippen molar-refractivity contribution in [3.63, 3.8) is 0 Å². The molecule has 2 saturated heterocycles. The van der Waals surface area contributed by atoms with Crippen molar-refractivity contribution < 1.29 is 9.47 Å². The van der Waals surface area contributed by atoms with Gasteiger partial charge in [-0.15, -0.1) is 0 Å². The van der Waals surface area contributed by atoms with Crippen LogP contribution in [0.15, 0.2) is 0 Å². The van der Waals surface area contributed by atoms with Crippen LogP contribution in [0.5, 0.6) is 6.01 Å². The van der Waals surface area contributed by atoms with Crippen LogP contribution in [0.4, 0.5) is 11.9 Å². The van der Waals surface area contributed by atoms with Crippen molar-refractivity contribution in [2.75, 3.05) is 43.1 Å². The standard InChI is InChI=1S/C14H23N5O2/c1-2-15-12-16-13(19-7-4-3-5-8-19)18-14(17-12)21-11-6-9-20-10-11/h11H,2-10H2,1H3,(H,15,16,17,18). The Labute approximate surface area is 125 Å². The number of anilines is 2. The molecule has 0 saturated carbocycles. The first-order chi connectivity index (χ1) is 10.3. The van der Waals surface area contributed by atoms with Crippen molar-refractivity contribution >= 4 is 11.9 Å². The monoisotopic (exact) mass is 293 g/mol. The lowest BCUT2D eigenvalue weighted by Crippen LogP contribution is -2.31. The van der Waals surface area contributed by atoms with E-state index in [0.717, 1.165) is 38.6 Å². The predicted molar refractivity (Wildman–Crippen MR) is 79.9 cm³/mol. The largest absolute Gasteiger partial charge is 0.457 e. The molecule has 0 aromatic carbocycles. The lowest BCUT2D eigenvalue weighted by molar-refractivity contribution is 0.134. The van der Waals surface area contributed by atoms with Gasteiger partial charge in [-0.05, 0) is 26.2 Å². The van der Waals surface area contributed by atoms with Crippen LogP contribution in [0.25, 0.3) is 0 Å². The zero-order valence-electron chi connectivity index (χ0n) is 12.5. The van der Waals surface area contributed by atoms with Gasteiger partial charge in [-0.25, -0.2) is 0 Å². The summed E-state index contributed by atoms with van der Waals surface area (Å²) in [6.07, 6.45) is 4.60. The number of nitrogens with one attached hydrogen (secondary N) is 1. The Morgan fingerprint density at radius 3 is 2.81 bits per heavy atom. The number of hydrogen-bond donors (Lipinski definition) is 1. The number of nitrogens with zero attached hydrogens (tertiary/aromatic N) is 4. The van der Waals surface area contributed by atoms with E-state index in [4.69, 9.17) is 9.47 Å². The number of aromatic nitrogens is 3. The summed E-state index contributed by atoms with van der Waals surface area (Å²) in [5, 5.41) is 3.15. The van der Waals surface area contributed by atoms with E-state index < -0.39 is 0 Å². The Hall–Kier alpha value is -1.63. The van der Waals surface area contributed by atoms with Crippen LogP contribution in [0.1, 0.15) is 32.6 Å². The predicted octanol–water partition coefficient (Wildman–Crippen LogP) is 1.46. The van der Waals surface area contributed by atoms with Gasteiger partial charge in [-0.2, -0.15) is 15.0 Å². The van der Waals surface area contributed by atoms with Crippen molar-refractivity contribution in [3.05, 3.63) is 0 Å². The number of hydrogen-bond acceptors (Lipinski definition) is 7. The van der Waals surface area contributed by atoms with E-state index in [2.05, 4.69) is 25.2 Å². The number of ether oxygens (including phenoxy) is 2. The molecule has 1 atom stereocenters. The highest BCUT2D eigenvalue weighted by atomic mass is 16.6. The summed E-state index contributed by atoms with van der Waals surface area (Å²) >= 11 is 0. The molecule has 1 N–H and O–H groups in total. The minimum atomic E-state index is 0.0519. The quantitative estimate of drug-likeness (QED) is 0.881. The lowest BCUT2D eigenvalue weighted by Gasteiger charge is -2.27. The zero-order valence-corrected chi connectivity index (χ0v) is 12.5. The molecule has 0 amide bonds. The summed E-state index contributed by atoms with van der Waals surface area (Å²) in [5.41, 5.74) is 0. The third-order valence-corrected chi connectivity index (χ3v) is 3.74. The second kappa shape index (κ2) is 6.89. The van der Waals surface area contributed by atoms with Crippen LogP contribution in [-0.2, 0) is 4.74 Å². The molecule has 2 aliphatic heterocycles. The molecule has 1 aromatic rings. The molecule has 0 bridgehead atoms. The van der Waals surface area contributed by atoms with Gasteiger partial charge in [0.15, 0.2) is 0 Å². The van der Waals surface area contributed by atoms with E-state index in [0.29, 0.717) is 18.6 Å². The van der Waals surface area contributed by atoms with Crippen LogP contribution in [0, 0.1) is 0 Å². The number of piperidine rings is 1. The Kier molecular flexibility index (Phi) is 4.69. The maximum atomic E-state index is 5.84. The van der Waals surface area contributed by atoms with Gasteiger partial charge in [0, 0.05) is 26.1 Å². The molecule has 1 aromatic heterocycles. The van der Waals surface area contributed by atoms with Crippen LogP contribution in [0.3, 0.4) is 0 Å². The fourth-order valence-electron chi connectivity index (χ4n) is 2.63. The van der Waals surface area contributed by atoms with Gasteiger partial charge in [0.1, 0.15) is 6.10 Å². The van der Waals surface area contributed by atoms with Gasteiger partial charge >= 0.3 is 6.01 Å². The first-order valence-corrected chi connectivity index (χ1v) is 7.84. The first kappa shape index (κ1) is 14.3. The second-order valence-electron chi connectivity index (χ2n) is 5.42. The third-order valence-electron chi connectivity index (χ3n) is 3.74. The van der Waals surface area contributed by atoms with Gasteiger partial charge in [0.25, 0.3) is 0 Å². The average molecular weight is 293 g/mol. The maximum absolute atomic E-state index is 5.84. The summed E-state index contributed by atoms with van der Waals surface area (Å²) in [4.78, 5) is 15.5. The third kappa shape index (κ3) is 3.72. The summed E-state index contributed by atoms with van der Waals surface area (Å²) in [6.45, 7) is 6.16. The van der Waals surface area contributed by atoms with E-state index in [1.807, 2.05) is 6.92 Å². The minimum absolute atomic E-state index is 0.0519. The normalized spacial score (nSPS) is 22.3. The molecule has 116 valence electrons. The molecule has 1 unspecified atom stereocenters. The van der Waals surface area contributed by atoms with Gasteiger partial charge in [-0.3, -0.25) is 0 Å². The zero-order chi connectivity index (χ0) is 14.5. The molecule has 3 heterocycles. The van der Waals surface area contributed by atoms with Crippen molar-refractivity contribution in [2.24, 2.45) is 0 Å². The van der Waals surface area contributed by atoms with E-state index >= 15 is 0 Å². The van der Waals surface area contributed by atoms with E-state index in [1.54, 1.807) is 0 Å². The van der Waals surface area contributed by atoms with E-state index in [1.165, 1.54) is 19.3 Å². The second-order valence-corrected chi connectivity index (χ2v) is 5.42. The van der Waals surface area contributed by atoms with Crippen LogP contribution in [0.2, 0.25) is 0 Å². The molecule has 7 heteroatoms. The van der Waals surface area contributed by atoms with Crippen molar-refractivity contribution in [1.82, 2.24) is 15.0 Å². The maximum Gasteiger partial charge on any atom is 0.323 e. The molecule has 3 rings (SSSR count). The molecule has 0 aliphatic carbocycles. The summed E-state index contributed by atoms with van der Waals surface area (Å²) in [7, 11) is 0. The molecule has 2 aliphatic rings. The highest BCUT2D eigenvalue weighted by Crippen LogP contribution is 2.21. The first-order valence-electron chi connectivity index (χ1n) is 7.84. The molecule has 0 spiro atoms. The topological polar surface area (TPSA) is 72.4 Å². The van der Waals surface area contributed by atoms with Gasteiger partial charge in [0.05, 0.1) is 13.2 Å². The summed E-state index contributed by atoms with van der Waals surface area (Å²) in [6, 6.07) is 0.400. The molecule has 2 fully saturated rings. The van der Waals surface area contributed by atoms with E-state index in [-0.39, 0.29) is 6.10 Å². The van der Waals surface area contributed by atoms with Crippen molar-refractivity contribution in [3.8, 4) is 6.01 Å². The molecule has 7 nitrogen and oxygen atoms in total. The van der Waals surface area contributed by atoms with Crippen molar-refractivity contribution in [2.45, 2.75) is 38.7 Å². The van der Waals surface area contributed by atoms with Crippen LogP contribution in [-0.4, -0.2) is 53.9 Å². The fraction of sp³-hybridized carbons (Fsp3) is 0.786.